The van der Waals surface area contributed by atoms with E-state index in [1.54, 1.807) is 29.2 Å². The lowest BCUT2D eigenvalue weighted by atomic mass is 10.0. The van der Waals surface area contributed by atoms with Crippen molar-refractivity contribution in [3.8, 4) is 12.1 Å². The number of benzene rings is 1. The van der Waals surface area contributed by atoms with Gasteiger partial charge in [-0.05, 0) is 13.0 Å². The first kappa shape index (κ1) is 10.9. The predicted molar refractivity (Wildman–Crippen MR) is 62.6 cm³/mol. The maximum absolute atomic E-state index is 12.1. The van der Waals surface area contributed by atoms with E-state index in [4.69, 9.17) is 10.5 Å². The molecule has 0 aromatic heterocycles. The van der Waals surface area contributed by atoms with Gasteiger partial charge in [-0.1, -0.05) is 18.2 Å². The number of fused-ring (bicyclic) bond motifs is 1. The molecule has 0 fully saturated rings. The van der Waals surface area contributed by atoms with E-state index in [9.17, 15) is 4.79 Å². The lowest BCUT2D eigenvalue weighted by Crippen LogP contribution is -2.25. The fourth-order valence-corrected chi connectivity index (χ4v) is 1.97. The molecule has 0 atom stereocenters. The molecule has 4 heteroatoms. The lowest BCUT2D eigenvalue weighted by molar-refractivity contribution is -0.113. The zero-order valence-electron chi connectivity index (χ0n) is 9.27. The van der Waals surface area contributed by atoms with E-state index >= 15 is 0 Å². The maximum Gasteiger partial charge on any atom is 0.261 e. The van der Waals surface area contributed by atoms with E-state index in [1.807, 2.05) is 19.1 Å². The summed E-state index contributed by atoms with van der Waals surface area (Å²) in [7, 11) is 0. The molecule has 0 N–H and O–H groups in total. The number of anilines is 1. The predicted octanol–water partition coefficient (Wildman–Crippen LogP) is 1.85. The molecule has 0 saturated heterocycles. The van der Waals surface area contributed by atoms with Crippen molar-refractivity contribution in [1.29, 1.82) is 10.5 Å². The number of nitrogens with zero attached hydrogens (tertiary/aromatic N) is 3. The molecular weight excluding hydrogens is 214 g/mol. The molecule has 4 nitrogen and oxygen atoms in total. The number of amides is 1. The topological polar surface area (TPSA) is 67.9 Å². The van der Waals surface area contributed by atoms with Gasteiger partial charge in [0.25, 0.3) is 5.91 Å². The second-order valence-electron chi connectivity index (χ2n) is 3.54. The number of hydrogen-bond donors (Lipinski definition) is 0. The summed E-state index contributed by atoms with van der Waals surface area (Å²) in [6.45, 7) is 2.37. The average molecular weight is 223 g/mol. The van der Waals surface area contributed by atoms with Gasteiger partial charge in [0.15, 0.2) is 0 Å². The van der Waals surface area contributed by atoms with Gasteiger partial charge >= 0.3 is 0 Å². The molecule has 1 amide bonds. The molecule has 1 aliphatic heterocycles. The van der Waals surface area contributed by atoms with Crippen molar-refractivity contribution >= 4 is 17.2 Å². The first-order chi connectivity index (χ1) is 8.24. The Hall–Kier alpha value is -2.59. The maximum atomic E-state index is 12.1. The van der Waals surface area contributed by atoms with Crippen LogP contribution in [0.25, 0.3) is 5.57 Å². The Labute approximate surface area is 99.0 Å². The molecule has 0 saturated carbocycles. The van der Waals surface area contributed by atoms with Crippen LogP contribution in [0.2, 0.25) is 0 Å². The van der Waals surface area contributed by atoms with Gasteiger partial charge < -0.3 is 4.90 Å². The first-order valence-corrected chi connectivity index (χ1v) is 5.20. The number of allylic oxidation sites excluding steroid dienone is 1. The molecule has 0 unspecified atom stereocenters. The first-order valence-electron chi connectivity index (χ1n) is 5.20. The second kappa shape index (κ2) is 4.11. The van der Waals surface area contributed by atoms with Crippen LogP contribution in [-0.2, 0) is 4.79 Å². The van der Waals surface area contributed by atoms with Crippen molar-refractivity contribution in [2.24, 2.45) is 0 Å². The number of likely N-dealkylation sites (N-methyl/N-ethyl adjacent to an activating group) is 1. The molecular formula is C13H9N3O. The molecule has 0 aliphatic carbocycles. The van der Waals surface area contributed by atoms with E-state index < -0.39 is 0 Å². The molecule has 1 aliphatic rings. The third-order valence-electron chi connectivity index (χ3n) is 2.71. The van der Waals surface area contributed by atoms with Gasteiger partial charge in [0, 0.05) is 12.1 Å². The zero-order chi connectivity index (χ0) is 12.4. The highest BCUT2D eigenvalue weighted by Gasteiger charge is 2.33. The normalized spacial score (nSPS) is 13.0. The molecule has 2 rings (SSSR count). The van der Waals surface area contributed by atoms with E-state index in [-0.39, 0.29) is 17.1 Å². The molecule has 17 heavy (non-hydrogen) atoms. The Kier molecular flexibility index (Phi) is 2.64. The van der Waals surface area contributed by atoms with E-state index in [2.05, 4.69) is 0 Å². The van der Waals surface area contributed by atoms with E-state index in [0.29, 0.717) is 12.1 Å². The summed E-state index contributed by atoms with van der Waals surface area (Å²) in [6.07, 6.45) is 0. The SMILES string of the molecule is CCN1C(=O)C(=C(C#N)C#N)c2ccccc21. The van der Waals surface area contributed by atoms with Gasteiger partial charge in [-0.2, -0.15) is 10.5 Å². The number of nitriles is 2. The molecule has 1 heterocycles. The minimum atomic E-state index is -0.271. The minimum absolute atomic E-state index is 0.126. The fraction of sp³-hybridized carbons (Fsp3) is 0.154. The molecule has 0 bridgehead atoms. The van der Waals surface area contributed by atoms with Crippen molar-refractivity contribution in [3.63, 3.8) is 0 Å². The van der Waals surface area contributed by atoms with Crippen LogP contribution in [0.15, 0.2) is 29.8 Å². The number of rotatable bonds is 1. The molecule has 0 spiro atoms. The zero-order valence-corrected chi connectivity index (χ0v) is 9.27. The summed E-state index contributed by atoms with van der Waals surface area (Å²) >= 11 is 0. The van der Waals surface area contributed by atoms with Crippen molar-refractivity contribution in [1.82, 2.24) is 0 Å². The van der Waals surface area contributed by atoms with Crippen LogP contribution in [0, 0.1) is 22.7 Å². The van der Waals surface area contributed by atoms with Crippen LogP contribution in [0.3, 0.4) is 0 Å². The van der Waals surface area contributed by atoms with Crippen molar-refractivity contribution < 1.29 is 4.79 Å². The van der Waals surface area contributed by atoms with Crippen molar-refractivity contribution in [2.45, 2.75) is 6.92 Å². The molecule has 0 radical (unpaired) electrons. The Balaban J connectivity index is 2.75. The average Bonchev–Trinajstić information content (AvgIpc) is 2.64. The standard InChI is InChI=1S/C13H9N3O/c1-2-16-11-6-4-3-5-10(11)12(13(16)17)9(7-14)8-15/h3-6H,2H2,1H3. The highest BCUT2D eigenvalue weighted by atomic mass is 16.2. The van der Waals surface area contributed by atoms with Crippen LogP contribution < -0.4 is 4.90 Å². The third kappa shape index (κ3) is 1.47. The van der Waals surface area contributed by atoms with E-state index in [0.717, 1.165) is 5.69 Å². The largest absolute Gasteiger partial charge is 0.308 e. The van der Waals surface area contributed by atoms with Crippen molar-refractivity contribution in [3.05, 3.63) is 35.4 Å². The smallest absolute Gasteiger partial charge is 0.261 e. The summed E-state index contributed by atoms with van der Waals surface area (Å²) in [5, 5.41) is 17.8. The Bertz CT molecular complexity index is 586. The monoisotopic (exact) mass is 223 g/mol. The van der Waals surface area contributed by atoms with Crippen LogP contribution in [0.5, 0.6) is 0 Å². The molecule has 82 valence electrons. The summed E-state index contributed by atoms with van der Waals surface area (Å²) < 4.78 is 0. The highest BCUT2D eigenvalue weighted by Crippen LogP contribution is 2.37. The number of hydrogen-bond acceptors (Lipinski definition) is 3. The van der Waals surface area contributed by atoms with Gasteiger partial charge in [0.1, 0.15) is 17.7 Å². The van der Waals surface area contributed by atoms with Crippen LogP contribution >= 0.6 is 0 Å². The van der Waals surface area contributed by atoms with Crippen molar-refractivity contribution in [2.75, 3.05) is 11.4 Å². The number of carbonyl (C=O) groups is 1. The lowest BCUT2D eigenvalue weighted by Gasteiger charge is -2.13. The minimum Gasteiger partial charge on any atom is -0.308 e. The van der Waals surface area contributed by atoms with Gasteiger partial charge in [0.2, 0.25) is 0 Å². The van der Waals surface area contributed by atoms with Crippen LogP contribution in [-0.4, -0.2) is 12.5 Å². The van der Waals surface area contributed by atoms with Gasteiger partial charge in [-0.15, -0.1) is 0 Å². The second-order valence-corrected chi connectivity index (χ2v) is 3.54. The Morgan fingerprint density at radius 1 is 1.29 bits per heavy atom. The number of carbonyl (C=O) groups excluding carboxylic acids is 1. The van der Waals surface area contributed by atoms with Gasteiger partial charge in [-0.25, -0.2) is 0 Å². The molecule has 1 aromatic rings. The third-order valence-corrected chi connectivity index (χ3v) is 2.71. The fourth-order valence-electron chi connectivity index (χ4n) is 1.97. The summed E-state index contributed by atoms with van der Waals surface area (Å²) in [5.74, 6) is -0.271. The number of para-hydroxylation sites is 1. The summed E-state index contributed by atoms with van der Waals surface area (Å²) in [6, 6.07) is 10.8. The summed E-state index contributed by atoms with van der Waals surface area (Å²) in [4.78, 5) is 13.7. The summed E-state index contributed by atoms with van der Waals surface area (Å²) in [5.41, 5.74) is 1.52. The Morgan fingerprint density at radius 2 is 1.94 bits per heavy atom. The highest BCUT2D eigenvalue weighted by molar-refractivity contribution is 6.34. The molecule has 1 aromatic carbocycles. The van der Waals surface area contributed by atoms with Gasteiger partial charge in [0.05, 0.1) is 11.3 Å². The van der Waals surface area contributed by atoms with Crippen LogP contribution in [0.1, 0.15) is 12.5 Å². The Morgan fingerprint density at radius 3 is 2.53 bits per heavy atom. The quantitative estimate of drug-likeness (QED) is 0.539. The van der Waals surface area contributed by atoms with E-state index in [1.165, 1.54) is 0 Å². The van der Waals surface area contributed by atoms with Gasteiger partial charge in [-0.3, -0.25) is 4.79 Å². The van der Waals surface area contributed by atoms with Crippen LogP contribution in [0.4, 0.5) is 5.69 Å².